The van der Waals surface area contributed by atoms with Gasteiger partial charge in [0.05, 0.1) is 21.8 Å². The molecule has 0 spiro atoms. The van der Waals surface area contributed by atoms with Gasteiger partial charge in [0.2, 0.25) is 11.8 Å². The van der Waals surface area contributed by atoms with Crippen LogP contribution in [0.25, 0.3) is 11.3 Å². The molecule has 11 nitrogen and oxygen atoms in total. The summed E-state index contributed by atoms with van der Waals surface area (Å²) in [6.07, 6.45) is 2.52. The summed E-state index contributed by atoms with van der Waals surface area (Å²) < 4.78 is 41.4. The van der Waals surface area contributed by atoms with E-state index in [1.807, 2.05) is 44.2 Å². The first kappa shape index (κ1) is 35.9. The Morgan fingerprint density at radius 3 is 2.36 bits per heavy atom. The van der Waals surface area contributed by atoms with Crippen molar-refractivity contribution in [3.8, 4) is 17.1 Å². The van der Waals surface area contributed by atoms with Crippen molar-refractivity contribution in [3.63, 3.8) is 0 Å². The first-order valence-corrected chi connectivity index (χ1v) is 17.2. The molecule has 2 heterocycles. The van der Waals surface area contributed by atoms with Gasteiger partial charge in [0.25, 0.3) is 10.0 Å². The van der Waals surface area contributed by atoms with Crippen LogP contribution in [-0.2, 0) is 21.3 Å². The second-order valence-corrected chi connectivity index (χ2v) is 15.2. The van der Waals surface area contributed by atoms with E-state index < -0.39 is 22.7 Å². The van der Waals surface area contributed by atoms with Gasteiger partial charge in [0.15, 0.2) is 0 Å². The summed E-state index contributed by atoms with van der Waals surface area (Å²) in [7, 11) is -3.01. The first-order chi connectivity index (χ1) is 22.2. The predicted molar refractivity (Wildman–Crippen MR) is 184 cm³/mol. The molecule has 0 aliphatic heterocycles. The Labute approximate surface area is 284 Å². The topological polar surface area (TPSA) is 144 Å². The fourth-order valence-electron chi connectivity index (χ4n) is 5.09. The van der Waals surface area contributed by atoms with E-state index in [4.69, 9.17) is 14.5 Å². The number of nitrogens with one attached hydrogen (secondary N) is 1. The summed E-state index contributed by atoms with van der Waals surface area (Å²) in [6, 6.07) is 16.4. The van der Waals surface area contributed by atoms with Crippen molar-refractivity contribution in [1.82, 2.24) is 20.3 Å². The number of carboxylic acids is 1. The molecule has 1 atom stereocenters. The maximum absolute atomic E-state index is 14.0. The van der Waals surface area contributed by atoms with Gasteiger partial charge in [-0.1, -0.05) is 45.0 Å². The monoisotopic (exact) mass is 725 g/mol. The van der Waals surface area contributed by atoms with Crippen LogP contribution in [0, 0.1) is 19.3 Å². The van der Waals surface area contributed by atoms with E-state index in [2.05, 4.69) is 52.0 Å². The molecule has 0 unspecified atom stereocenters. The number of hydrogen-bond donors (Lipinski definition) is 2. The number of carboxylic acid groups (broad SMARTS) is 1. The average Bonchev–Trinajstić information content (AvgIpc) is 3.01. The summed E-state index contributed by atoms with van der Waals surface area (Å²) >= 11 is 3.42. The van der Waals surface area contributed by atoms with Gasteiger partial charge in [-0.15, -0.1) is 0 Å². The number of aromatic nitrogens is 3. The zero-order valence-corrected chi connectivity index (χ0v) is 29.7. The van der Waals surface area contributed by atoms with E-state index in [0.717, 1.165) is 43.6 Å². The zero-order chi connectivity index (χ0) is 34.4. The Morgan fingerprint density at radius 2 is 1.74 bits per heavy atom. The number of hydrogen-bond acceptors (Lipinski definition) is 9. The van der Waals surface area contributed by atoms with Crippen LogP contribution >= 0.6 is 15.9 Å². The molecular formula is C34H40BrN5O6S. The van der Waals surface area contributed by atoms with Crippen molar-refractivity contribution in [3.05, 3.63) is 93.7 Å². The molecule has 0 aliphatic rings. The highest BCUT2D eigenvalue weighted by atomic mass is 79.9. The van der Waals surface area contributed by atoms with Crippen LogP contribution in [0.5, 0.6) is 5.88 Å². The van der Waals surface area contributed by atoms with E-state index in [1.54, 1.807) is 12.3 Å². The van der Waals surface area contributed by atoms with Crippen molar-refractivity contribution in [2.24, 2.45) is 5.41 Å². The summed E-state index contributed by atoms with van der Waals surface area (Å²) in [5, 5.41) is 13.0. The number of sulfonamides is 1. The molecule has 0 aliphatic carbocycles. The van der Waals surface area contributed by atoms with Crippen molar-refractivity contribution in [2.45, 2.75) is 58.5 Å². The molecule has 0 bridgehead atoms. The molecule has 4 aromatic rings. The standard InChI is InChI=1S/C34H40BrN5O6S/c1-22-9-7-10-23(2)31(22)29-16-30(46-20-27(17-34(3,4)5)37-19-26-14-13-25(35)18-36-26)39-33(38-29)40(21-45-6)47(43,44)28-12-8-11-24(15-28)32(41)42/h7-16,18,27,37H,17,19-21H2,1-6H3,(H,41,42)/t27-/m1/s1. The molecule has 2 N–H and O–H groups in total. The highest BCUT2D eigenvalue weighted by molar-refractivity contribution is 9.10. The highest BCUT2D eigenvalue weighted by Crippen LogP contribution is 2.32. The molecule has 0 saturated carbocycles. The van der Waals surface area contributed by atoms with Gasteiger partial charge in [0.1, 0.15) is 13.3 Å². The molecule has 250 valence electrons. The number of nitrogens with zero attached hydrogens (tertiary/aromatic N) is 4. The molecule has 47 heavy (non-hydrogen) atoms. The molecule has 13 heteroatoms. The van der Waals surface area contributed by atoms with Crippen LogP contribution in [0.4, 0.5) is 5.95 Å². The number of carbonyl (C=O) groups is 1. The Bertz CT molecular complexity index is 1790. The lowest BCUT2D eigenvalue weighted by molar-refractivity contribution is 0.0696. The molecule has 0 amide bonds. The largest absolute Gasteiger partial charge is 0.478 e. The summed E-state index contributed by atoms with van der Waals surface area (Å²) in [6.45, 7) is 10.7. The van der Waals surface area contributed by atoms with Gasteiger partial charge in [0, 0.05) is 42.0 Å². The maximum Gasteiger partial charge on any atom is 0.335 e. The van der Waals surface area contributed by atoms with Gasteiger partial charge < -0.3 is 19.9 Å². The minimum atomic E-state index is -4.36. The zero-order valence-electron chi connectivity index (χ0n) is 27.3. The van der Waals surface area contributed by atoms with Gasteiger partial charge in [-0.2, -0.15) is 4.98 Å². The van der Waals surface area contributed by atoms with Crippen LogP contribution < -0.4 is 14.4 Å². The number of ether oxygens (including phenoxy) is 2. The van der Waals surface area contributed by atoms with Gasteiger partial charge >= 0.3 is 5.97 Å². The highest BCUT2D eigenvalue weighted by Gasteiger charge is 2.30. The number of benzene rings is 2. The number of rotatable bonds is 14. The third-order valence-corrected chi connectivity index (χ3v) is 9.39. The fraction of sp³-hybridized carbons (Fsp3) is 0.353. The van der Waals surface area contributed by atoms with Crippen molar-refractivity contribution in [1.29, 1.82) is 0 Å². The van der Waals surface area contributed by atoms with E-state index in [0.29, 0.717) is 12.2 Å². The van der Waals surface area contributed by atoms with E-state index in [9.17, 15) is 18.3 Å². The van der Waals surface area contributed by atoms with Crippen molar-refractivity contribution < 1.29 is 27.8 Å². The lowest BCUT2D eigenvalue weighted by Gasteiger charge is -2.27. The minimum Gasteiger partial charge on any atom is -0.478 e. The number of pyridine rings is 1. The molecule has 2 aromatic carbocycles. The third-order valence-electron chi connectivity index (χ3n) is 7.22. The number of halogens is 1. The second kappa shape index (κ2) is 15.3. The van der Waals surface area contributed by atoms with Crippen LogP contribution in [-0.4, -0.2) is 60.9 Å². The minimum absolute atomic E-state index is 0.0255. The SMILES string of the molecule is COCN(c1nc(OC[C@@H](CC(C)(C)C)NCc2ccc(Br)cn2)cc(-c2c(C)cccc2C)n1)S(=O)(=O)c1cccc(C(=O)O)c1. The van der Waals surface area contributed by atoms with Gasteiger partial charge in [-0.3, -0.25) is 4.98 Å². The Hall–Kier alpha value is -3.91. The van der Waals surface area contributed by atoms with Gasteiger partial charge in [-0.05, 0) is 83.1 Å². The van der Waals surface area contributed by atoms with E-state index in [-0.39, 0.29) is 40.4 Å². The lowest BCUT2D eigenvalue weighted by atomic mass is 9.88. The molecule has 4 rings (SSSR count). The molecule has 0 radical (unpaired) electrons. The van der Waals surface area contributed by atoms with E-state index >= 15 is 0 Å². The summed E-state index contributed by atoms with van der Waals surface area (Å²) in [5.74, 6) is -1.26. The first-order valence-electron chi connectivity index (χ1n) is 15.0. The number of anilines is 1. The van der Waals surface area contributed by atoms with Crippen molar-refractivity contribution in [2.75, 3.05) is 24.8 Å². The number of methoxy groups -OCH3 is 1. The number of aromatic carboxylic acids is 1. The van der Waals surface area contributed by atoms with Crippen LogP contribution in [0.3, 0.4) is 0 Å². The maximum atomic E-state index is 14.0. The Balaban J connectivity index is 1.75. The smallest absolute Gasteiger partial charge is 0.335 e. The summed E-state index contributed by atoms with van der Waals surface area (Å²) in [5.41, 5.74) is 3.83. The normalized spacial score (nSPS) is 12.5. The van der Waals surface area contributed by atoms with Crippen molar-refractivity contribution >= 4 is 37.9 Å². The molecule has 0 fully saturated rings. The fourth-order valence-corrected chi connectivity index (χ4v) is 6.64. The van der Waals surface area contributed by atoms with Crippen LogP contribution in [0.2, 0.25) is 0 Å². The van der Waals surface area contributed by atoms with E-state index in [1.165, 1.54) is 25.3 Å². The third kappa shape index (κ3) is 9.57. The van der Waals surface area contributed by atoms with Crippen LogP contribution in [0.15, 0.2) is 76.2 Å². The summed E-state index contributed by atoms with van der Waals surface area (Å²) in [4.78, 5) is 25.1. The van der Waals surface area contributed by atoms with Gasteiger partial charge in [-0.25, -0.2) is 22.5 Å². The Kier molecular flexibility index (Phi) is 11.7. The Morgan fingerprint density at radius 1 is 1.04 bits per heavy atom. The lowest BCUT2D eigenvalue weighted by Crippen LogP contribution is -2.38. The molecule has 2 aromatic heterocycles. The van der Waals surface area contributed by atoms with Crippen LogP contribution in [0.1, 0.15) is 54.4 Å². The second-order valence-electron chi connectivity index (χ2n) is 12.4. The quantitative estimate of drug-likeness (QED) is 0.140. The number of aryl methyl sites for hydroxylation is 2. The molecule has 0 saturated heterocycles. The molecular weight excluding hydrogens is 686 g/mol. The average molecular weight is 727 g/mol. The predicted octanol–water partition coefficient (Wildman–Crippen LogP) is 6.39.